The number of nitrogens with one attached hydrogen (secondary N) is 1. The fourth-order valence-corrected chi connectivity index (χ4v) is 4.46. The van der Waals surface area contributed by atoms with Crippen LogP contribution in [-0.4, -0.2) is 41.5 Å². The molecule has 6 heteroatoms. The van der Waals surface area contributed by atoms with E-state index in [4.69, 9.17) is 4.74 Å². The van der Waals surface area contributed by atoms with Crippen LogP contribution >= 0.6 is 11.8 Å². The molecular weight excluding hydrogens is 384 g/mol. The van der Waals surface area contributed by atoms with Crippen molar-refractivity contribution in [2.75, 3.05) is 24.1 Å². The first-order chi connectivity index (χ1) is 13.9. The van der Waals surface area contributed by atoms with Crippen molar-refractivity contribution in [3.05, 3.63) is 65.2 Å². The monoisotopic (exact) mass is 410 g/mol. The molecule has 1 N–H and O–H groups in total. The number of ether oxygens (including phenoxy) is 1. The molecule has 2 amide bonds. The highest BCUT2D eigenvalue weighted by Gasteiger charge is 2.34. The van der Waals surface area contributed by atoms with Crippen molar-refractivity contribution in [3.63, 3.8) is 0 Å². The summed E-state index contributed by atoms with van der Waals surface area (Å²) in [4.78, 5) is 27.5. The van der Waals surface area contributed by atoms with E-state index in [1.165, 1.54) is 0 Å². The average Bonchev–Trinajstić information content (AvgIpc) is 3.21. The lowest BCUT2D eigenvalue weighted by molar-refractivity contribution is -0.132. The minimum Gasteiger partial charge on any atom is -0.496 e. The van der Waals surface area contributed by atoms with Gasteiger partial charge in [0.25, 0.3) is 0 Å². The molecule has 0 saturated carbocycles. The first-order valence-electron chi connectivity index (χ1n) is 9.49. The number of allylic oxidation sites excluding steroid dienone is 1. The summed E-state index contributed by atoms with van der Waals surface area (Å²) >= 11 is 1.59. The Kier molecular flexibility index (Phi) is 6.64. The predicted octanol–water partition coefficient (Wildman–Crippen LogP) is 4.26. The number of benzene rings is 2. The predicted molar refractivity (Wildman–Crippen MR) is 119 cm³/mol. The maximum Gasteiger partial charge on any atom is 0.248 e. The number of aryl methyl sites for hydroxylation is 1. The van der Waals surface area contributed by atoms with E-state index in [9.17, 15) is 9.59 Å². The number of carbonyl (C=O) groups excluding carboxylic acids is 2. The molecule has 2 aromatic rings. The summed E-state index contributed by atoms with van der Waals surface area (Å²) < 4.78 is 5.39. The van der Waals surface area contributed by atoms with Crippen molar-refractivity contribution in [2.45, 2.75) is 26.8 Å². The van der Waals surface area contributed by atoms with E-state index in [-0.39, 0.29) is 11.8 Å². The molecular formula is C23H26N2O3S. The maximum atomic E-state index is 12.9. The first kappa shape index (κ1) is 21.0. The van der Waals surface area contributed by atoms with E-state index < -0.39 is 6.04 Å². The van der Waals surface area contributed by atoms with E-state index in [1.807, 2.05) is 63.2 Å². The van der Waals surface area contributed by atoms with Gasteiger partial charge >= 0.3 is 0 Å². The third-order valence-electron chi connectivity index (χ3n) is 5.20. The van der Waals surface area contributed by atoms with Crippen LogP contribution in [0.2, 0.25) is 0 Å². The minimum absolute atomic E-state index is 0.152. The summed E-state index contributed by atoms with van der Waals surface area (Å²) in [5.41, 5.74) is 4.62. The van der Waals surface area contributed by atoms with Gasteiger partial charge in [-0.15, -0.1) is 11.8 Å². The Bertz CT molecular complexity index is 955. The number of para-hydroxylation sites is 1. The number of anilines is 1. The minimum atomic E-state index is -0.492. The fraction of sp³-hybridized carbons (Fsp3) is 0.304. The molecule has 1 heterocycles. The third kappa shape index (κ3) is 4.65. The van der Waals surface area contributed by atoms with Crippen molar-refractivity contribution in [2.24, 2.45) is 0 Å². The molecule has 1 aliphatic heterocycles. The maximum absolute atomic E-state index is 12.9. The quantitative estimate of drug-likeness (QED) is 0.749. The number of hydrogen-bond donors (Lipinski definition) is 1. The van der Waals surface area contributed by atoms with Gasteiger partial charge in [-0.05, 0) is 49.6 Å². The van der Waals surface area contributed by atoms with Crippen LogP contribution in [0.5, 0.6) is 5.75 Å². The number of carbonyl (C=O) groups is 2. The lowest BCUT2D eigenvalue weighted by atomic mass is 10.1. The zero-order valence-corrected chi connectivity index (χ0v) is 18.0. The van der Waals surface area contributed by atoms with Crippen molar-refractivity contribution in [1.82, 2.24) is 4.90 Å². The standard InChI is InChI=1S/C23H26N2O3S/c1-15-8-7-10-19(17(15)3)24-23(27)20-13-29-14-25(20)22(26)12-16(2)18-9-5-6-11-21(18)28-4/h5-12,20H,13-14H2,1-4H3,(H,24,27)/b16-12+. The van der Waals surface area contributed by atoms with E-state index in [0.717, 1.165) is 28.0 Å². The Morgan fingerprint density at radius 2 is 1.93 bits per heavy atom. The molecule has 0 aromatic heterocycles. The van der Waals surface area contributed by atoms with Gasteiger partial charge in [0, 0.05) is 23.1 Å². The SMILES string of the molecule is COc1ccccc1/C(C)=C/C(=O)N1CSCC1C(=O)Nc1cccc(C)c1C. The van der Waals surface area contributed by atoms with E-state index in [0.29, 0.717) is 17.4 Å². The van der Waals surface area contributed by atoms with Crippen LogP contribution in [0.4, 0.5) is 5.69 Å². The normalized spacial score (nSPS) is 16.6. The van der Waals surface area contributed by atoms with Gasteiger partial charge in [0.15, 0.2) is 0 Å². The van der Waals surface area contributed by atoms with Crippen molar-refractivity contribution in [3.8, 4) is 5.75 Å². The second-order valence-electron chi connectivity index (χ2n) is 7.09. The Balaban J connectivity index is 1.76. The Hall–Kier alpha value is -2.73. The first-order valence-corrected chi connectivity index (χ1v) is 10.6. The highest BCUT2D eigenvalue weighted by molar-refractivity contribution is 7.99. The third-order valence-corrected chi connectivity index (χ3v) is 6.21. The van der Waals surface area contributed by atoms with Crippen molar-refractivity contribution >= 4 is 34.8 Å². The second kappa shape index (κ2) is 9.18. The molecule has 5 nitrogen and oxygen atoms in total. The van der Waals surface area contributed by atoms with Gasteiger partial charge in [-0.3, -0.25) is 9.59 Å². The van der Waals surface area contributed by atoms with Crippen LogP contribution in [0, 0.1) is 13.8 Å². The highest BCUT2D eigenvalue weighted by Crippen LogP contribution is 2.28. The van der Waals surface area contributed by atoms with Crippen LogP contribution in [0.25, 0.3) is 5.57 Å². The number of amides is 2. The Morgan fingerprint density at radius 3 is 2.69 bits per heavy atom. The number of rotatable bonds is 5. The lowest BCUT2D eigenvalue weighted by Crippen LogP contribution is -2.44. The number of methoxy groups -OCH3 is 1. The molecule has 1 atom stereocenters. The van der Waals surface area contributed by atoms with E-state index in [2.05, 4.69) is 5.32 Å². The van der Waals surface area contributed by atoms with Gasteiger partial charge in [-0.2, -0.15) is 0 Å². The van der Waals surface area contributed by atoms with Crippen LogP contribution in [0.3, 0.4) is 0 Å². The highest BCUT2D eigenvalue weighted by atomic mass is 32.2. The molecule has 0 aliphatic carbocycles. The average molecular weight is 411 g/mol. The summed E-state index contributed by atoms with van der Waals surface area (Å²) in [7, 11) is 1.61. The molecule has 2 aromatic carbocycles. The molecule has 1 saturated heterocycles. The second-order valence-corrected chi connectivity index (χ2v) is 8.09. The molecule has 152 valence electrons. The number of thioether (sulfide) groups is 1. The molecule has 1 fully saturated rings. The van der Waals surface area contributed by atoms with Crippen LogP contribution in [-0.2, 0) is 9.59 Å². The molecule has 0 bridgehead atoms. The molecule has 3 rings (SSSR count). The van der Waals surface area contributed by atoms with Gasteiger partial charge in [0.05, 0.1) is 13.0 Å². The smallest absolute Gasteiger partial charge is 0.248 e. The summed E-state index contributed by atoms with van der Waals surface area (Å²) in [5, 5.41) is 2.99. The van der Waals surface area contributed by atoms with Gasteiger partial charge in [-0.1, -0.05) is 30.3 Å². The van der Waals surface area contributed by atoms with E-state index >= 15 is 0 Å². The van der Waals surface area contributed by atoms with E-state index in [1.54, 1.807) is 29.8 Å². The molecule has 1 unspecified atom stereocenters. The zero-order valence-electron chi connectivity index (χ0n) is 17.2. The molecule has 29 heavy (non-hydrogen) atoms. The number of hydrogen-bond acceptors (Lipinski definition) is 4. The summed E-state index contributed by atoms with van der Waals surface area (Å²) in [6.45, 7) is 5.87. The zero-order chi connectivity index (χ0) is 21.0. The fourth-order valence-electron chi connectivity index (χ4n) is 3.30. The Labute approximate surface area is 176 Å². The molecule has 0 radical (unpaired) electrons. The summed E-state index contributed by atoms with van der Waals surface area (Å²) in [5.74, 6) is 1.48. The van der Waals surface area contributed by atoms with Gasteiger partial charge in [0.1, 0.15) is 11.8 Å². The van der Waals surface area contributed by atoms with Gasteiger partial charge < -0.3 is 15.0 Å². The van der Waals surface area contributed by atoms with Crippen LogP contribution < -0.4 is 10.1 Å². The van der Waals surface area contributed by atoms with Gasteiger partial charge in [-0.25, -0.2) is 0 Å². The topological polar surface area (TPSA) is 58.6 Å². The molecule has 1 aliphatic rings. The number of nitrogens with zero attached hydrogens (tertiary/aromatic N) is 1. The lowest BCUT2D eigenvalue weighted by Gasteiger charge is -2.23. The van der Waals surface area contributed by atoms with Crippen LogP contribution in [0.1, 0.15) is 23.6 Å². The van der Waals surface area contributed by atoms with Crippen LogP contribution in [0.15, 0.2) is 48.5 Å². The largest absolute Gasteiger partial charge is 0.496 e. The van der Waals surface area contributed by atoms with Crippen molar-refractivity contribution in [1.29, 1.82) is 0 Å². The summed E-state index contributed by atoms with van der Waals surface area (Å²) in [6.07, 6.45) is 1.59. The molecule has 0 spiro atoms. The van der Waals surface area contributed by atoms with Crippen molar-refractivity contribution < 1.29 is 14.3 Å². The Morgan fingerprint density at radius 1 is 1.17 bits per heavy atom. The van der Waals surface area contributed by atoms with Gasteiger partial charge in [0.2, 0.25) is 11.8 Å². The summed E-state index contributed by atoms with van der Waals surface area (Å²) in [6, 6.07) is 12.9.